The Labute approximate surface area is 104 Å². The quantitative estimate of drug-likeness (QED) is 0.863. The molecule has 0 unspecified atom stereocenters. The van der Waals surface area contributed by atoms with Gasteiger partial charge in [-0.15, -0.1) is 0 Å². The number of rotatable bonds is 4. The molecule has 1 saturated heterocycles. The Morgan fingerprint density at radius 2 is 1.88 bits per heavy atom. The van der Waals surface area contributed by atoms with Crippen LogP contribution in [0, 0.1) is 0 Å². The zero-order valence-corrected chi connectivity index (χ0v) is 10.6. The molecule has 3 heteroatoms. The highest BCUT2D eigenvalue weighted by atomic mass is 16.5. The van der Waals surface area contributed by atoms with Crippen molar-refractivity contribution in [2.24, 2.45) is 5.73 Å². The van der Waals surface area contributed by atoms with Crippen molar-refractivity contribution in [3.63, 3.8) is 0 Å². The van der Waals surface area contributed by atoms with Crippen LogP contribution in [0.15, 0.2) is 24.3 Å². The summed E-state index contributed by atoms with van der Waals surface area (Å²) in [7, 11) is 0. The lowest BCUT2D eigenvalue weighted by atomic mass is 10.0. The first-order valence-corrected chi connectivity index (χ1v) is 6.47. The van der Waals surface area contributed by atoms with E-state index in [1.54, 1.807) is 0 Å². The third-order valence-electron chi connectivity index (χ3n) is 3.33. The lowest BCUT2D eigenvalue weighted by Gasteiger charge is -2.29. The van der Waals surface area contributed by atoms with Crippen molar-refractivity contribution >= 4 is 5.69 Å². The van der Waals surface area contributed by atoms with Crippen LogP contribution in [0.2, 0.25) is 0 Å². The Hall–Kier alpha value is -1.06. The Morgan fingerprint density at radius 3 is 2.47 bits per heavy atom. The van der Waals surface area contributed by atoms with Crippen LogP contribution < -0.4 is 10.6 Å². The van der Waals surface area contributed by atoms with Crippen molar-refractivity contribution in [1.29, 1.82) is 0 Å². The van der Waals surface area contributed by atoms with Crippen LogP contribution in [0.25, 0.3) is 0 Å². The fourth-order valence-electron chi connectivity index (χ4n) is 2.11. The molecule has 3 nitrogen and oxygen atoms in total. The van der Waals surface area contributed by atoms with E-state index >= 15 is 0 Å². The van der Waals surface area contributed by atoms with Gasteiger partial charge in [0, 0.05) is 24.8 Å². The lowest BCUT2D eigenvalue weighted by Crippen LogP contribution is -2.36. The normalized spacial score (nSPS) is 18.1. The minimum absolute atomic E-state index is 0.282. The summed E-state index contributed by atoms with van der Waals surface area (Å²) in [6.07, 6.45) is 2.01. The van der Waals surface area contributed by atoms with Crippen LogP contribution in [0.1, 0.15) is 18.9 Å². The van der Waals surface area contributed by atoms with E-state index in [2.05, 4.69) is 36.1 Å². The monoisotopic (exact) mass is 234 g/mol. The van der Waals surface area contributed by atoms with Gasteiger partial charge < -0.3 is 15.4 Å². The number of hydrogen-bond acceptors (Lipinski definition) is 3. The van der Waals surface area contributed by atoms with Crippen LogP contribution in [0.4, 0.5) is 5.69 Å². The first-order chi connectivity index (χ1) is 8.29. The Kier molecular flexibility index (Phi) is 4.40. The first kappa shape index (κ1) is 12.4. The van der Waals surface area contributed by atoms with Gasteiger partial charge in [0.1, 0.15) is 0 Å². The molecular formula is C14H22N2O. The summed E-state index contributed by atoms with van der Waals surface area (Å²) in [5.41, 5.74) is 8.58. The molecule has 2 N–H and O–H groups in total. The van der Waals surface area contributed by atoms with Crippen LogP contribution in [-0.2, 0) is 11.2 Å². The molecule has 1 aromatic rings. The van der Waals surface area contributed by atoms with Crippen molar-refractivity contribution in [3.8, 4) is 0 Å². The van der Waals surface area contributed by atoms with Gasteiger partial charge in [0.15, 0.2) is 0 Å². The summed E-state index contributed by atoms with van der Waals surface area (Å²) >= 11 is 0. The van der Waals surface area contributed by atoms with Crippen molar-refractivity contribution < 1.29 is 4.74 Å². The number of ether oxygens (including phenoxy) is 1. The molecule has 0 saturated carbocycles. The van der Waals surface area contributed by atoms with Gasteiger partial charge in [-0.3, -0.25) is 0 Å². The molecular weight excluding hydrogens is 212 g/mol. The maximum Gasteiger partial charge on any atom is 0.0642 e. The van der Waals surface area contributed by atoms with Crippen LogP contribution in [0.3, 0.4) is 0 Å². The SMILES string of the molecule is CC[C@@H](N)Cc1ccc(N2CCOCC2)cc1. The minimum Gasteiger partial charge on any atom is -0.378 e. The summed E-state index contributed by atoms with van der Waals surface area (Å²) in [5.74, 6) is 0. The highest BCUT2D eigenvalue weighted by Crippen LogP contribution is 2.17. The molecule has 1 fully saturated rings. The van der Waals surface area contributed by atoms with Crippen molar-refractivity contribution in [1.82, 2.24) is 0 Å². The summed E-state index contributed by atoms with van der Waals surface area (Å²) in [6.45, 7) is 5.79. The predicted octanol–water partition coefficient (Wildman–Crippen LogP) is 1.80. The maximum absolute atomic E-state index is 5.96. The molecule has 17 heavy (non-hydrogen) atoms. The van der Waals surface area contributed by atoms with Crippen molar-refractivity contribution in [2.45, 2.75) is 25.8 Å². The van der Waals surface area contributed by atoms with E-state index in [9.17, 15) is 0 Å². The molecule has 0 amide bonds. The van der Waals surface area contributed by atoms with E-state index in [1.807, 2.05) is 0 Å². The van der Waals surface area contributed by atoms with Crippen LogP contribution in [0.5, 0.6) is 0 Å². The number of anilines is 1. The molecule has 1 aliphatic heterocycles. The van der Waals surface area contributed by atoms with Gasteiger partial charge in [-0.05, 0) is 30.5 Å². The van der Waals surface area contributed by atoms with Crippen molar-refractivity contribution in [3.05, 3.63) is 29.8 Å². The van der Waals surface area contributed by atoms with E-state index in [4.69, 9.17) is 10.5 Å². The average Bonchev–Trinajstić information content (AvgIpc) is 2.40. The molecule has 0 aromatic heterocycles. The minimum atomic E-state index is 0.282. The van der Waals surface area contributed by atoms with Gasteiger partial charge in [-0.2, -0.15) is 0 Å². The van der Waals surface area contributed by atoms with Crippen molar-refractivity contribution in [2.75, 3.05) is 31.2 Å². The second-order valence-electron chi connectivity index (χ2n) is 4.64. The molecule has 1 aliphatic rings. The van der Waals surface area contributed by atoms with Crippen LogP contribution in [-0.4, -0.2) is 32.3 Å². The number of nitrogens with zero attached hydrogens (tertiary/aromatic N) is 1. The summed E-state index contributed by atoms with van der Waals surface area (Å²) in [6, 6.07) is 9.07. The third kappa shape index (κ3) is 3.45. The lowest BCUT2D eigenvalue weighted by molar-refractivity contribution is 0.122. The largest absolute Gasteiger partial charge is 0.378 e. The molecule has 0 bridgehead atoms. The Balaban J connectivity index is 1.97. The fourth-order valence-corrected chi connectivity index (χ4v) is 2.11. The molecule has 2 rings (SSSR count). The Bertz CT molecular complexity index is 331. The highest BCUT2D eigenvalue weighted by molar-refractivity contribution is 5.48. The summed E-state index contributed by atoms with van der Waals surface area (Å²) < 4.78 is 5.35. The third-order valence-corrected chi connectivity index (χ3v) is 3.33. The van der Waals surface area contributed by atoms with Crippen LogP contribution >= 0.6 is 0 Å². The second kappa shape index (κ2) is 6.03. The van der Waals surface area contributed by atoms with Gasteiger partial charge in [-0.1, -0.05) is 19.1 Å². The predicted molar refractivity (Wildman–Crippen MR) is 71.4 cm³/mol. The zero-order chi connectivity index (χ0) is 12.1. The fraction of sp³-hybridized carbons (Fsp3) is 0.571. The number of benzene rings is 1. The molecule has 1 aromatic carbocycles. The van der Waals surface area contributed by atoms with E-state index in [0.29, 0.717) is 0 Å². The van der Waals surface area contributed by atoms with E-state index in [0.717, 1.165) is 39.1 Å². The van der Waals surface area contributed by atoms with E-state index in [1.165, 1.54) is 11.3 Å². The Morgan fingerprint density at radius 1 is 1.24 bits per heavy atom. The second-order valence-corrected chi connectivity index (χ2v) is 4.64. The number of hydrogen-bond donors (Lipinski definition) is 1. The summed E-state index contributed by atoms with van der Waals surface area (Å²) in [4.78, 5) is 2.37. The van der Waals surface area contributed by atoms with Gasteiger partial charge in [0.25, 0.3) is 0 Å². The molecule has 0 radical (unpaired) electrons. The highest BCUT2D eigenvalue weighted by Gasteiger charge is 2.10. The summed E-state index contributed by atoms with van der Waals surface area (Å²) in [5, 5.41) is 0. The van der Waals surface area contributed by atoms with Gasteiger partial charge in [0.2, 0.25) is 0 Å². The average molecular weight is 234 g/mol. The maximum atomic E-state index is 5.96. The zero-order valence-electron chi connectivity index (χ0n) is 10.6. The molecule has 94 valence electrons. The standard InChI is InChI=1S/C14H22N2O/c1-2-13(15)11-12-3-5-14(6-4-12)16-7-9-17-10-8-16/h3-6,13H,2,7-11,15H2,1H3/t13-/m1/s1. The van der Waals surface area contributed by atoms with Gasteiger partial charge in [-0.25, -0.2) is 0 Å². The van der Waals surface area contributed by atoms with E-state index in [-0.39, 0.29) is 6.04 Å². The molecule has 0 spiro atoms. The van der Waals surface area contributed by atoms with E-state index < -0.39 is 0 Å². The smallest absolute Gasteiger partial charge is 0.0642 e. The molecule has 1 heterocycles. The molecule has 0 aliphatic carbocycles. The topological polar surface area (TPSA) is 38.5 Å². The van der Waals surface area contributed by atoms with Gasteiger partial charge >= 0.3 is 0 Å². The number of nitrogens with two attached hydrogens (primary N) is 1. The number of morpholine rings is 1. The molecule has 1 atom stereocenters. The first-order valence-electron chi connectivity index (χ1n) is 6.47. The van der Waals surface area contributed by atoms with Gasteiger partial charge in [0.05, 0.1) is 13.2 Å².